The van der Waals surface area contributed by atoms with Gasteiger partial charge < -0.3 is 10.2 Å². The summed E-state index contributed by atoms with van der Waals surface area (Å²) in [6.07, 6.45) is 1.93. The summed E-state index contributed by atoms with van der Waals surface area (Å²) in [5, 5.41) is 0. The molecule has 3 N–H and O–H groups in total. The largest absolute Gasteiger partial charge is 0.496 e. The Labute approximate surface area is 119 Å². The number of ether oxygens (including phenoxy) is 1. The smallest absolute Gasteiger partial charge is 0.161 e. The molecule has 0 fully saturated rings. The van der Waals surface area contributed by atoms with E-state index >= 15 is 0 Å². The van der Waals surface area contributed by atoms with E-state index in [-0.39, 0.29) is 0 Å². The van der Waals surface area contributed by atoms with E-state index in [0.29, 0.717) is 11.6 Å². The highest BCUT2D eigenvalue weighted by atomic mass is 16.5. The summed E-state index contributed by atoms with van der Waals surface area (Å²) in [6, 6.07) is 7.78. The van der Waals surface area contributed by atoms with Gasteiger partial charge in [0.15, 0.2) is 5.82 Å². The summed E-state index contributed by atoms with van der Waals surface area (Å²) in [4.78, 5) is 9.00. The fourth-order valence-corrected chi connectivity index (χ4v) is 2.10. The van der Waals surface area contributed by atoms with E-state index in [4.69, 9.17) is 10.6 Å². The van der Waals surface area contributed by atoms with Gasteiger partial charge in [-0.3, -0.25) is 0 Å². The zero-order valence-corrected chi connectivity index (χ0v) is 12.1. The predicted molar refractivity (Wildman–Crippen MR) is 80.6 cm³/mol. The lowest BCUT2D eigenvalue weighted by molar-refractivity contribution is 0.412. The van der Waals surface area contributed by atoms with Gasteiger partial charge in [-0.25, -0.2) is 15.8 Å². The molecule has 5 heteroatoms. The molecule has 2 aromatic rings. The molecule has 5 nitrogen and oxygen atoms in total. The maximum absolute atomic E-state index is 5.48. The molecule has 0 spiro atoms. The van der Waals surface area contributed by atoms with Crippen LogP contribution in [0.15, 0.2) is 24.3 Å². The minimum absolute atomic E-state index is 0.631. The third-order valence-electron chi connectivity index (χ3n) is 3.09. The van der Waals surface area contributed by atoms with E-state index in [0.717, 1.165) is 35.4 Å². The Balaban J connectivity index is 2.45. The van der Waals surface area contributed by atoms with Gasteiger partial charge in [0.25, 0.3) is 0 Å². The Hall–Kier alpha value is -2.14. The first-order valence-electron chi connectivity index (χ1n) is 6.67. The second-order valence-corrected chi connectivity index (χ2v) is 4.65. The molecular weight excluding hydrogens is 252 g/mol. The van der Waals surface area contributed by atoms with Gasteiger partial charge in [0.2, 0.25) is 0 Å². The second kappa shape index (κ2) is 6.34. The fraction of sp³-hybridized carbons (Fsp3) is 0.333. The van der Waals surface area contributed by atoms with Crippen LogP contribution in [0.3, 0.4) is 0 Å². The molecule has 0 aliphatic rings. The molecule has 0 aliphatic carbocycles. The Morgan fingerprint density at radius 2 is 2.05 bits per heavy atom. The van der Waals surface area contributed by atoms with Crippen LogP contribution in [0, 0.1) is 6.92 Å². The monoisotopic (exact) mass is 272 g/mol. The van der Waals surface area contributed by atoms with Crippen molar-refractivity contribution < 1.29 is 4.74 Å². The summed E-state index contributed by atoms with van der Waals surface area (Å²) in [7, 11) is 1.66. The standard InChI is InChI=1S/C15H20N4O/c1-4-5-12-9-14(19-16)18-15(17-12)11-6-7-13(20-3)10(2)8-11/h6-9H,4-5,16H2,1-3H3,(H,17,18,19). The topological polar surface area (TPSA) is 73.1 Å². The number of anilines is 1. The van der Waals surface area contributed by atoms with Crippen LogP contribution in [0.4, 0.5) is 5.82 Å². The SMILES string of the molecule is CCCc1cc(NN)nc(-c2ccc(OC)c(C)c2)n1. The molecule has 20 heavy (non-hydrogen) atoms. The van der Waals surface area contributed by atoms with E-state index in [9.17, 15) is 0 Å². The van der Waals surface area contributed by atoms with E-state index in [1.807, 2.05) is 31.2 Å². The average Bonchev–Trinajstić information content (AvgIpc) is 2.47. The van der Waals surface area contributed by atoms with Crippen LogP contribution in [0.5, 0.6) is 5.75 Å². The van der Waals surface area contributed by atoms with E-state index in [1.165, 1.54) is 0 Å². The van der Waals surface area contributed by atoms with Crippen molar-refractivity contribution in [2.45, 2.75) is 26.7 Å². The number of benzene rings is 1. The molecule has 2 rings (SSSR count). The predicted octanol–water partition coefficient (Wildman–Crippen LogP) is 2.70. The maximum atomic E-state index is 5.48. The lowest BCUT2D eigenvalue weighted by Gasteiger charge is -2.09. The molecule has 1 aromatic carbocycles. The number of aromatic nitrogens is 2. The first-order valence-corrected chi connectivity index (χ1v) is 6.67. The van der Waals surface area contributed by atoms with E-state index in [1.54, 1.807) is 7.11 Å². The molecule has 1 heterocycles. The number of hydrazine groups is 1. The van der Waals surface area contributed by atoms with Gasteiger partial charge in [-0.15, -0.1) is 0 Å². The van der Waals surface area contributed by atoms with Crippen molar-refractivity contribution >= 4 is 5.82 Å². The quantitative estimate of drug-likeness (QED) is 0.646. The van der Waals surface area contributed by atoms with Crippen LogP contribution in [0.2, 0.25) is 0 Å². The van der Waals surface area contributed by atoms with Crippen molar-refractivity contribution in [3.63, 3.8) is 0 Å². The molecular formula is C15H20N4O. The molecule has 0 saturated carbocycles. The van der Waals surface area contributed by atoms with Crippen LogP contribution in [0.25, 0.3) is 11.4 Å². The van der Waals surface area contributed by atoms with Crippen molar-refractivity contribution in [2.75, 3.05) is 12.5 Å². The maximum Gasteiger partial charge on any atom is 0.161 e. The van der Waals surface area contributed by atoms with Gasteiger partial charge >= 0.3 is 0 Å². The Morgan fingerprint density at radius 3 is 2.65 bits per heavy atom. The Bertz CT molecular complexity index is 598. The molecule has 106 valence electrons. The molecule has 0 radical (unpaired) electrons. The number of nitrogens with zero attached hydrogens (tertiary/aromatic N) is 2. The number of nitrogens with two attached hydrogens (primary N) is 1. The third-order valence-corrected chi connectivity index (χ3v) is 3.09. The summed E-state index contributed by atoms with van der Waals surface area (Å²) in [5.74, 6) is 7.64. The first kappa shape index (κ1) is 14.3. The number of methoxy groups -OCH3 is 1. The lowest BCUT2D eigenvalue weighted by atomic mass is 10.1. The minimum atomic E-state index is 0.631. The van der Waals surface area contributed by atoms with Crippen LogP contribution < -0.4 is 16.0 Å². The zero-order valence-electron chi connectivity index (χ0n) is 12.1. The average molecular weight is 272 g/mol. The Kier molecular flexibility index (Phi) is 4.53. The summed E-state index contributed by atoms with van der Waals surface area (Å²) >= 11 is 0. The van der Waals surface area contributed by atoms with Gasteiger partial charge in [-0.1, -0.05) is 13.3 Å². The van der Waals surface area contributed by atoms with Crippen molar-refractivity contribution in [3.05, 3.63) is 35.5 Å². The molecule has 0 unspecified atom stereocenters. The van der Waals surface area contributed by atoms with Crippen LogP contribution in [-0.4, -0.2) is 17.1 Å². The molecule has 0 atom stereocenters. The molecule has 1 aromatic heterocycles. The normalized spacial score (nSPS) is 10.4. The van der Waals surface area contributed by atoms with Crippen molar-refractivity contribution in [1.82, 2.24) is 9.97 Å². The van der Waals surface area contributed by atoms with Crippen LogP contribution >= 0.6 is 0 Å². The second-order valence-electron chi connectivity index (χ2n) is 4.65. The highest BCUT2D eigenvalue weighted by Crippen LogP contribution is 2.25. The number of nitrogens with one attached hydrogen (secondary N) is 1. The van der Waals surface area contributed by atoms with Crippen LogP contribution in [0.1, 0.15) is 24.6 Å². The van der Waals surface area contributed by atoms with Gasteiger partial charge in [-0.2, -0.15) is 0 Å². The third kappa shape index (κ3) is 3.05. The van der Waals surface area contributed by atoms with Gasteiger partial charge in [0.05, 0.1) is 7.11 Å². The van der Waals surface area contributed by atoms with Crippen molar-refractivity contribution in [3.8, 4) is 17.1 Å². The van der Waals surface area contributed by atoms with Crippen molar-refractivity contribution in [2.24, 2.45) is 5.84 Å². The number of hydrogen-bond acceptors (Lipinski definition) is 5. The van der Waals surface area contributed by atoms with Gasteiger partial charge in [0.1, 0.15) is 11.6 Å². The zero-order chi connectivity index (χ0) is 14.5. The molecule has 0 amide bonds. The van der Waals surface area contributed by atoms with Crippen molar-refractivity contribution in [1.29, 1.82) is 0 Å². The van der Waals surface area contributed by atoms with Gasteiger partial charge in [0, 0.05) is 17.3 Å². The minimum Gasteiger partial charge on any atom is -0.496 e. The van der Waals surface area contributed by atoms with E-state index < -0.39 is 0 Å². The summed E-state index contributed by atoms with van der Waals surface area (Å²) in [5.41, 5.74) is 5.59. The van der Waals surface area contributed by atoms with Gasteiger partial charge in [-0.05, 0) is 37.1 Å². The molecule has 0 aliphatic heterocycles. The summed E-state index contributed by atoms with van der Waals surface area (Å²) in [6.45, 7) is 4.12. The van der Waals surface area contributed by atoms with Crippen LogP contribution in [-0.2, 0) is 6.42 Å². The number of hydrogen-bond donors (Lipinski definition) is 2. The highest BCUT2D eigenvalue weighted by Gasteiger charge is 2.08. The number of nitrogen functional groups attached to an aromatic ring is 1. The molecule has 0 saturated heterocycles. The Morgan fingerprint density at radius 1 is 1.25 bits per heavy atom. The number of rotatable bonds is 5. The summed E-state index contributed by atoms with van der Waals surface area (Å²) < 4.78 is 5.27. The highest BCUT2D eigenvalue weighted by molar-refractivity contribution is 5.60. The number of aryl methyl sites for hydroxylation is 2. The fourth-order valence-electron chi connectivity index (χ4n) is 2.10. The van der Waals surface area contributed by atoms with E-state index in [2.05, 4.69) is 22.3 Å². The molecule has 0 bridgehead atoms. The first-order chi connectivity index (χ1) is 9.67. The lowest BCUT2D eigenvalue weighted by Crippen LogP contribution is -2.10.